The number of unbranched alkanes of at least 4 members (excludes halogenated alkanes) is 1. The molecular weight excluding hydrogens is 533 g/mol. The van der Waals surface area contributed by atoms with E-state index in [4.69, 9.17) is 11.6 Å². The van der Waals surface area contributed by atoms with Gasteiger partial charge in [0, 0.05) is 54.4 Å². The van der Waals surface area contributed by atoms with Crippen LogP contribution in [0.5, 0.6) is 0 Å². The summed E-state index contributed by atoms with van der Waals surface area (Å²) in [4.78, 5) is 31.5. The van der Waals surface area contributed by atoms with Crippen molar-refractivity contribution in [2.45, 2.75) is 51.1 Å². The lowest BCUT2D eigenvalue weighted by Crippen LogP contribution is -2.52. The topological polar surface area (TPSA) is 105 Å². The summed E-state index contributed by atoms with van der Waals surface area (Å²) in [5.74, 6) is -0.760. The molecule has 1 aromatic carbocycles. The molecule has 3 aromatic rings. The largest absolute Gasteiger partial charge is 0.343 e. The Labute approximate surface area is 225 Å². The summed E-state index contributed by atoms with van der Waals surface area (Å²) in [6.07, 6.45) is 5.00. The maximum Gasteiger partial charge on any atom is 0.303 e. The molecule has 202 valence electrons. The van der Waals surface area contributed by atoms with Gasteiger partial charge < -0.3 is 9.47 Å². The number of aromatic nitrogens is 2. The second-order valence-electron chi connectivity index (χ2n) is 9.82. The fraction of sp³-hybridized carbons (Fsp3) is 0.423. The second kappa shape index (κ2) is 10.3. The third-order valence-corrected chi connectivity index (χ3v) is 9.31. The molecule has 2 aliphatic rings. The number of carbonyl (C=O) groups is 2. The smallest absolute Gasteiger partial charge is 0.303 e. The van der Waals surface area contributed by atoms with Crippen LogP contribution in [0.1, 0.15) is 43.9 Å². The first kappa shape index (κ1) is 26.6. The summed E-state index contributed by atoms with van der Waals surface area (Å²) in [6.45, 7) is 1.86. The van der Waals surface area contributed by atoms with Gasteiger partial charge in [0.1, 0.15) is 0 Å². The lowest BCUT2D eigenvalue weighted by Gasteiger charge is -2.37. The van der Waals surface area contributed by atoms with Gasteiger partial charge in [-0.25, -0.2) is 4.72 Å². The first-order valence-electron chi connectivity index (χ1n) is 12.5. The molecule has 5 rings (SSSR count). The van der Waals surface area contributed by atoms with Crippen molar-refractivity contribution in [1.29, 1.82) is 0 Å². The highest BCUT2D eigenvalue weighted by Crippen LogP contribution is 2.48. The van der Waals surface area contributed by atoms with Gasteiger partial charge in [-0.2, -0.15) is 12.7 Å². The highest BCUT2D eigenvalue weighted by atomic mass is 35.5. The lowest BCUT2D eigenvalue weighted by molar-refractivity contribution is -0.124. The Morgan fingerprint density at radius 1 is 1.18 bits per heavy atom. The summed E-state index contributed by atoms with van der Waals surface area (Å²) in [5, 5.41) is 1.55. The van der Waals surface area contributed by atoms with Crippen LogP contribution in [-0.4, -0.2) is 53.9 Å². The summed E-state index contributed by atoms with van der Waals surface area (Å²) >= 11 is 6.23. The molecule has 0 saturated carbocycles. The van der Waals surface area contributed by atoms with Crippen LogP contribution in [0, 0.1) is 0 Å². The van der Waals surface area contributed by atoms with E-state index in [9.17, 15) is 22.4 Å². The molecule has 0 unspecified atom stereocenters. The van der Waals surface area contributed by atoms with E-state index in [0.29, 0.717) is 30.1 Å². The third kappa shape index (κ3) is 4.67. The SMILES string of the molecule is CC(=O)NS(=O)(=O)N1CCC2(CC1)C(=O)N(Cc1cc3cc(Cl)ccc3n1CCCCF)c1cnccc12. The zero-order valence-electron chi connectivity index (χ0n) is 21.0. The molecular formula is C26H29ClFN5O4S. The van der Waals surface area contributed by atoms with Crippen LogP contribution in [0.15, 0.2) is 42.7 Å². The monoisotopic (exact) mass is 561 g/mol. The lowest BCUT2D eigenvalue weighted by atomic mass is 9.74. The molecule has 4 heterocycles. The molecule has 38 heavy (non-hydrogen) atoms. The fourth-order valence-electron chi connectivity index (χ4n) is 5.70. The van der Waals surface area contributed by atoms with Crippen molar-refractivity contribution in [2.75, 3.05) is 24.7 Å². The number of rotatable bonds is 8. The average molecular weight is 562 g/mol. The molecule has 12 heteroatoms. The fourth-order valence-corrected chi connectivity index (χ4v) is 7.04. The van der Waals surface area contributed by atoms with Crippen LogP contribution >= 0.6 is 11.6 Å². The van der Waals surface area contributed by atoms with Gasteiger partial charge in [0.2, 0.25) is 11.8 Å². The maximum absolute atomic E-state index is 14.1. The zero-order valence-corrected chi connectivity index (χ0v) is 22.6. The molecule has 0 atom stereocenters. The minimum atomic E-state index is -3.97. The molecule has 9 nitrogen and oxygen atoms in total. The van der Waals surface area contributed by atoms with E-state index in [1.54, 1.807) is 17.3 Å². The summed E-state index contributed by atoms with van der Waals surface area (Å²) in [6, 6.07) is 9.47. The number of aryl methyl sites for hydroxylation is 1. The second-order valence-corrected chi connectivity index (χ2v) is 11.9. The molecule has 0 aliphatic carbocycles. The standard InChI is InChI=1S/C26H29ClFN5O4S/c1-18(34)30-38(36,37)31-12-7-26(8-13-31)22-6-10-29-16-24(22)33(25(26)35)17-21-15-19-14-20(27)4-5-23(19)32(21)11-3-2-9-28/h4-6,10,14-16H,2-3,7-9,11-13,17H2,1H3,(H,30,34). The van der Waals surface area contributed by atoms with Crippen molar-refractivity contribution in [3.8, 4) is 0 Å². The van der Waals surface area contributed by atoms with Crippen LogP contribution in [0.2, 0.25) is 5.02 Å². The van der Waals surface area contributed by atoms with Crippen LogP contribution in [0.25, 0.3) is 10.9 Å². The van der Waals surface area contributed by atoms with Crippen molar-refractivity contribution in [1.82, 2.24) is 18.6 Å². The Morgan fingerprint density at radius 3 is 2.66 bits per heavy atom. The van der Waals surface area contributed by atoms with Gasteiger partial charge >= 0.3 is 10.2 Å². The molecule has 1 saturated heterocycles. The summed E-state index contributed by atoms with van der Waals surface area (Å²) in [5.41, 5.74) is 2.51. The molecule has 2 amide bonds. The molecule has 2 aliphatic heterocycles. The number of hydrogen-bond donors (Lipinski definition) is 1. The van der Waals surface area contributed by atoms with Crippen molar-refractivity contribution in [3.05, 3.63) is 59.0 Å². The first-order chi connectivity index (χ1) is 18.2. The van der Waals surface area contributed by atoms with Crippen LogP contribution in [0.3, 0.4) is 0 Å². The number of piperidine rings is 1. The summed E-state index contributed by atoms with van der Waals surface area (Å²) in [7, 11) is -3.97. The predicted molar refractivity (Wildman–Crippen MR) is 143 cm³/mol. The van der Waals surface area contributed by atoms with E-state index >= 15 is 0 Å². The maximum atomic E-state index is 14.1. The molecule has 0 radical (unpaired) electrons. The minimum absolute atomic E-state index is 0.101. The average Bonchev–Trinajstić information content (AvgIpc) is 3.32. The molecule has 1 fully saturated rings. The number of halogens is 2. The number of carbonyl (C=O) groups excluding carboxylic acids is 2. The number of alkyl halides is 1. The van der Waals surface area contributed by atoms with Crippen LogP contribution < -0.4 is 9.62 Å². The molecule has 1 N–H and O–H groups in total. The number of anilines is 1. The zero-order chi connectivity index (χ0) is 27.1. The number of hydrogen-bond acceptors (Lipinski definition) is 5. The summed E-state index contributed by atoms with van der Waals surface area (Å²) < 4.78 is 43.3. The Morgan fingerprint density at radius 2 is 1.95 bits per heavy atom. The van der Waals surface area contributed by atoms with E-state index < -0.39 is 21.5 Å². The van der Waals surface area contributed by atoms with Gasteiger partial charge in [-0.15, -0.1) is 0 Å². The number of nitrogens with zero attached hydrogens (tertiary/aromatic N) is 4. The Bertz CT molecular complexity index is 1500. The molecule has 2 aromatic heterocycles. The van der Waals surface area contributed by atoms with Gasteiger partial charge in [0.15, 0.2) is 0 Å². The highest BCUT2D eigenvalue weighted by Gasteiger charge is 2.53. The Hall–Kier alpha value is -3.02. The Kier molecular flexibility index (Phi) is 7.19. The van der Waals surface area contributed by atoms with E-state index in [2.05, 4.69) is 9.55 Å². The van der Waals surface area contributed by atoms with Crippen LogP contribution in [0.4, 0.5) is 10.1 Å². The van der Waals surface area contributed by atoms with Crippen molar-refractivity contribution < 1.29 is 22.4 Å². The van der Waals surface area contributed by atoms with Crippen LogP contribution in [-0.2, 0) is 38.3 Å². The molecule has 0 bridgehead atoms. The van der Waals surface area contributed by atoms with Gasteiger partial charge in [0.25, 0.3) is 0 Å². The number of fused-ring (bicyclic) bond motifs is 3. The third-order valence-electron chi connectivity index (χ3n) is 7.48. The van der Waals surface area contributed by atoms with Crippen molar-refractivity contribution in [3.63, 3.8) is 0 Å². The molecule has 1 spiro atoms. The predicted octanol–water partition coefficient (Wildman–Crippen LogP) is 3.70. The van der Waals surface area contributed by atoms with Gasteiger partial charge in [0.05, 0.1) is 30.5 Å². The van der Waals surface area contributed by atoms with Crippen molar-refractivity contribution in [2.24, 2.45) is 0 Å². The van der Waals surface area contributed by atoms with E-state index in [1.807, 2.05) is 35.1 Å². The van der Waals surface area contributed by atoms with Crippen molar-refractivity contribution >= 4 is 50.2 Å². The minimum Gasteiger partial charge on any atom is -0.343 e. The van der Waals surface area contributed by atoms with E-state index in [1.165, 1.54) is 4.31 Å². The Balaban J connectivity index is 1.46. The number of benzene rings is 1. The number of nitrogens with one attached hydrogen (secondary N) is 1. The van der Waals surface area contributed by atoms with Gasteiger partial charge in [-0.3, -0.25) is 19.0 Å². The van der Waals surface area contributed by atoms with E-state index in [0.717, 1.165) is 29.1 Å². The highest BCUT2D eigenvalue weighted by molar-refractivity contribution is 7.87. The quantitative estimate of drug-likeness (QED) is 0.422. The number of amides is 2. The first-order valence-corrected chi connectivity index (χ1v) is 14.4. The van der Waals surface area contributed by atoms with E-state index in [-0.39, 0.29) is 45.1 Å². The van der Waals surface area contributed by atoms with Gasteiger partial charge in [-0.1, -0.05) is 11.6 Å². The number of pyridine rings is 1. The van der Waals surface area contributed by atoms with Gasteiger partial charge in [-0.05, 0) is 61.6 Å². The normalized spacial score (nSPS) is 17.3.